The van der Waals surface area contributed by atoms with Crippen LogP contribution >= 0.6 is 12.4 Å². The van der Waals surface area contributed by atoms with Crippen molar-refractivity contribution in [1.82, 2.24) is 4.90 Å². The number of carbonyl (C=O) groups is 1. The molecular formula is C23H31ClN2O. The molecule has 0 aliphatic carbocycles. The average molecular weight is 387 g/mol. The lowest BCUT2D eigenvalue weighted by Gasteiger charge is -2.38. The molecule has 0 radical (unpaired) electrons. The molecule has 4 heteroatoms. The topological polar surface area (TPSA) is 23.6 Å². The number of halogens is 1. The number of benzene rings is 2. The summed E-state index contributed by atoms with van der Waals surface area (Å²) < 4.78 is 0. The molecule has 3 nitrogen and oxygen atoms in total. The van der Waals surface area contributed by atoms with Crippen LogP contribution in [0.5, 0.6) is 0 Å². The lowest BCUT2D eigenvalue weighted by Crippen LogP contribution is -2.47. The highest BCUT2D eigenvalue weighted by Crippen LogP contribution is 2.24. The Bertz CT molecular complexity index is 669. The van der Waals surface area contributed by atoms with Gasteiger partial charge in [0.25, 0.3) is 0 Å². The average Bonchev–Trinajstić information content (AvgIpc) is 2.71. The van der Waals surface area contributed by atoms with Crippen LogP contribution in [0.1, 0.15) is 38.2 Å². The Balaban J connectivity index is 0.00000261. The molecule has 27 heavy (non-hydrogen) atoms. The molecule has 0 N–H and O–H groups in total. The molecule has 0 unspecified atom stereocenters. The van der Waals surface area contributed by atoms with Gasteiger partial charge in [-0.15, -0.1) is 12.4 Å². The van der Waals surface area contributed by atoms with Crippen molar-refractivity contribution in [3.8, 4) is 0 Å². The number of hydrogen-bond acceptors (Lipinski definition) is 2. The number of piperidine rings is 1. The molecule has 1 fully saturated rings. The second kappa shape index (κ2) is 11.1. The molecule has 3 rings (SSSR count). The van der Waals surface area contributed by atoms with Crippen LogP contribution in [0.3, 0.4) is 0 Å². The standard InChI is InChI=1S/C23H30N2O.ClH/c1-2-23(26)25(21-13-7-4-8-14-21)22-15-18-24(19-16-22)17-9-12-20-10-5-3-6-11-20;/h3-8,10-11,13-14,22H,2,9,12,15-19H2,1H3;1H. The van der Waals surface area contributed by atoms with Crippen LogP contribution in [-0.2, 0) is 11.2 Å². The molecule has 1 aliphatic rings. The van der Waals surface area contributed by atoms with E-state index in [4.69, 9.17) is 0 Å². The van der Waals surface area contributed by atoms with Crippen molar-refractivity contribution in [2.24, 2.45) is 0 Å². The van der Waals surface area contributed by atoms with Gasteiger partial charge in [-0.1, -0.05) is 55.5 Å². The van der Waals surface area contributed by atoms with Gasteiger partial charge >= 0.3 is 0 Å². The van der Waals surface area contributed by atoms with Crippen LogP contribution in [0.2, 0.25) is 0 Å². The first kappa shape index (κ1) is 21.5. The smallest absolute Gasteiger partial charge is 0.226 e. The lowest BCUT2D eigenvalue weighted by atomic mass is 10.0. The number of anilines is 1. The predicted octanol–water partition coefficient (Wildman–Crippen LogP) is 4.95. The maximum Gasteiger partial charge on any atom is 0.226 e. The fourth-order valence-corrected chi connectivity index (χ4v) is 3.87. The van der Waals surface area contributed by atoms with E-state index in [1.54, 1.807) is 0 Å². The maximum atomic E-state index is 12.5. The van der Waals surface area contributed by atoms with Crippen LogP contribution in [0, 0.1) is 0 Å². The largest absolute Gasteiger partial charge is 0.309 e. The van der Waals surface area contributed by atoms with E-state index in [2.05, 4.69) is 47.4 Å². The van der Waals surface area contributed by atoms with Crippen LogP contribution in [-0.4, -0.2) is 36.5 Å². The second-order valence-corrected chi connectivity index (χ2v) is 7.11. The molecule has 1 heterocycles. The third kappa shape index (κ3) is 6.08. The van der Waals surface area contributed by atoms with E-state index < -0.39 is 0 Å². The zero-order chi connectivity index (χ0) is 18.2. The number of nitrogens with zero attached hydrogens (tertiary/aromatic N) is 2. The molecule has 1 aliphatic heterocycles. The Labute approximate surface area is 169 Å². The fraction of sp³-hybridized carbons (Fsp3) is 0.435. The quantitative estimate of drug-likeness (QED) is 0.672. The molecule has 0 atom stereocenters. The third-order valence-corrected chi connectivity index (χ3v) is 5.31. The lowest BCUT2D eigenvalue weighted by molar-refractivity contribution is -0.119. The number of carbonyl (C=O) groups excluding carboxylic acids is 1. The Hall–Kier alpha value is -1.84. The van der Waals surface area contributed by atoms with Gasteiger partial charge in [0.15, 0.2) is 0 Å². The van der Waals surface area contributed by atoms with Gasteiger partial charge in [-0.3, -0.25) is 4.79 Å². The minimum Gasteiger partial charge on any atom is -0.309 e. The highest BCUT2D eigenvalue weighted by atomic mass is 35.5. The van der Waals surface area contributed by atoms with Gasteiger partial charge in [-0.2, -0.15) is 0 Å². The molecule has 1 amide bonds. The minimum absolute atomic E-state index is 0. The number of hydrogen-bond donors (Lipinski definition) is 0. The van der Waals surface area contributed by atoms with Crippen molar-refractivity contribution in [2.75, 3.05) is 24.5 Å². The van der Waals surface area contributed by atoms with Crippen molar-refractivity contribution >= 4 is 24.0 Å². The Kier molecular flexibility index (Phi) is 8.83. The normalized spacial score (nSPS) is 15.1. The molecule has 2 aromatic rings. The van der Waals surface area contributed by atoms with Gasteiger partial charge in [-0.25, -0.2) is 0 Å². The van der Waals surface area contributed by atoms with Gasteiger partial charge < -0.3 is 9.80 Å². The predicted molar refractivity (Wildman–Crippen MR) is 116 cm³/mol. The van der Waals surface area contributed by atoms with Crippen molar-refractivity contribution in [3.63, 3.8) is 0 Å². The first-order valence-electron chi connectivity index (χ1n) is 9.91. The molecule has 146 valence electrons. The summed E-state index contributed by atoms with van der Waals surface area (Å²) in [7, 11) is 0. The molecule has 2 aromatic carbocycles. The van der Waals surface area contributed by atoms with E-state index in [9.17, 15) is 4.79 Å². The second-order valence-electron chi connectivity index (χ2n) is 7.11. The van der Waals surface area contributed by atoms with Gasteiger partial charge in [0.05, 0.1) is 0 Å². The van der Waals surface area contributed by atoms with Gasteiger partial charge in [0.2, 0.25) is 5.91 Å². The summed E-state index contributed by atoms with van der Waals surface area (Å²) in [5, 5.41) is 0. The van der Waals surface area contributed by atoms with Crippen LogP contribution in [0.25, 0.3) is 0 Å². The summed E-state index contributed by atoms with van der Waals surface area (Å²) in [6, 6.07) is 21.2. The van der Waals surface area contributed by atoms with Gasteiger partial charge in [-0.05, 0) is 49.9 Å². The zero-order valence-corrected chi connectivity index (χ0v) is 17.0. The van der Waals surface area contributed by atoms with Crippen LogP contribution in [0.4, 0.5) is 5.69 Å². The summed E-state index contributed by atoms with van der Waals surface area (Å²) in [4.78, 5) is 17.1. The highest BCUT2D eigenvalue weighted by molar-refractivity contribution is 5.93. The first-order chi connectivity index (χ1) is 12.8. The molecule has 0 spiro atoms. The summed E-state index contributed by atoms with van der Waals surface area (Å²) in [6.45, 7) is 5.27. The number of aryl methyl sites for hydroxylation is 1. The number of amides is 1. The molecule has 0 aromatic heterocycles. The van der Waals surface area contributed by atoms with Crippen molar-refractivity contribution in [1.29, 1.82) is 0 Å². The molecular weight excluding hydrogens is 356 g/mol. The first-order valence-corrected chi connectivity index (χ1v) is 9.91. The van der Waals surface area contributed by atoms with Gasteiger partial charge in [0.1, 0.15) is 0 Å². The van der Waals surface area contributed by atoms with E-state index in [0.29, 0.717) is 12.5 Å². The van der Waals surface area contributed by atoms with Crippen molar-refractivity contribution in [3.05, 3.63) is 66.2 Å². The van der Waals surface area contributed by atoms with E-state index in [-0.39, 0.29) is 18.3 Å². The molecule has 1 saturated heterocycles. The Morgan fingerprint density at radius 3 is 2.19 bits per heavy atom. The summed E-state index contributed by atoms with van der Waals surface area (Å²) >= 11 is 0. The summed E-state index contributed by atoms with van der Waals surface area (Å²) in [6.07, 6.45) is 5.03. The minimum atomic E-state index is 0. The fourth-order valence-electron chi connectivity index (χ4n) is 3.87. The van der Waals surface area contributed by atoms with Crippen molar-refractivity contribution < 1.29 is 4.79 Å². The zero-order valence-electron chi connectivity index (χ0n) is 16.2. The Morgan fingerprint density at radius 1 is 1.00 bits per heavy atom. The SMILES string of the molecule is CCC(=O)N(c1ccccc1)C1CCN(CCCc2ccccc2)CC1.Cl. The number of para-hydroxylation sites is 1. The third-order valence-electron chi connectivity index (χ3n) is 5.31. The Morgan fingerprint density at radius 2 is 1.59 bits per heavy atom. The van der Waals surface area contributed by atoms with E-state index >= 15 is 0 Å². The van der Waals surface area contributed by atoms with E-state index in [1.165, 1.54) is 12.0 Å². The number of likely N-dealkylation sites (tertiary alicyclic amines) is 1. The highest BCUT2D eigenvalue weighted by Gasteiger charge is 2.28. The summed E-state index contributed by atoms with van der Waals surface area (Å²) in [5.74, 6) is 0.235. The van der Waals surface area contributed by atoms with Gasteiger partial charge in [0, 0.05) is 31.2 Å². The maximum absolute atomic E-state index is 12.5. The monoisotopic (exact) mass is 386 g/mol. The van der Waals surface area contributed by atoms with Crippen LogP contribution in [0.15, 0.2) is 60.7 Å². The molecule has 0 bridgehead atoms. The van der Waals surface area contributed by atoms with Crippen molar-refractivity contribution in [2.45, 2.75) is 45.1 Å². The molecule has 0 saturated carbocycles. The van der Waals surface area contributed by atoms with E-state index in [0.717, 1.165) is 44.6 Å². The van der Waals surface area contributed by atoms with Crippen LogP contribution < -0.4 is 4.90 Å². The summed E-state index contributed by atoms with van der Waals surface area (Å²) in [5.41, 5.74) is 2.47. The number of rotatable bonds is 7. The van der Waals surface area contributed by atoms with E-state index in [1.807, 2.05) is 30.0 Å².